The molecule has 2 atom stereocenters. The van der Waals surface area contributed by atoms with Gasteiger partial charge in [0.2, 0.25) is 0 Å². The lowest BCUT2D eigenvalue weighted by Gasteiger charge is -2.43. The first-order chi connectivity index (χ1) is 13.8. The second kappa shape index (κ2) is 10.0. The fourth-order valence-corrected chi connectivity index (χ4v) is 8.45. The number of esters is 1. The molecule has 0 saturated heterocycles. The Morgan fingerprint density at radius 2 is 1.52 bits per heavy atom. The van der Waals surface area contributed by atoms with Crippen LogP contribution in [0.5, 0.6) is 0 Å². The van der Waals surface area contributed by atoms with Gasteiger partial charge in [0, 0.05) is 12.5 Å². The molecule has 0 heterocycles. The molecule has 0 aliphatic carbocycles. The van der Waals surface area contributed by atoms with Crippen LogP contribution < -0.4 is 10.4 Å². The third kappa shape index (κ3) is 5.06. The van der Waals surface area contributed by atoms with Crippen LogP contribution in [0.4, 0.5) is 0 Å². The standard InChI is InChI=1S/C25H34O3Si/c1-7-21(20(3)24(26)27-8-2)19-28-29(25(4,5)6,22-15-11-9-12-16-22)23-17-13-10-14-18-23/h7,9-18,20-21H,1,8,19H2,2-6H3. The van der Waals surface area contributed by atoms with Crippen molar-refractivity contribution in [2.45, 2.75) is 39.7 Å². The Kier molecular flexibility index (Phi) is 8.00. The molecular weight excluding hydrogens is 376 g/mol. The van der Waals surface area contributed by atoms with Gasteiger partial charge in [0.25, 0.3) is 8.32 Å². The zero-order chi connectivity index (χ0) is 21.5. The molecule has 2 unspecified atom stereocenters. The molecule has 0 radical (unpaired) electrons. The molecule has 0 aliphatic heterocycles. The molecule has 2 aromatic rings. The van der Waals surface area contributed by atoms with Gasteiger partial charge in [0.15, 0.2) is 0 Å². The van der Waals surface area contributed by atoms with Gasteiger partial charge < -0.3 is 9.16 Å². The number of rotatable bonds is 9. The van der Waals surface area contributed by atoms with Crippen LogP contribution in [0, 0.1) is 11.8 Å². The smallest absolute Gasteiger partial charge is 0.309 e. The highest BCUT2D eigenvalue weighted by Crippen LogP contribution is 2.37. The van der Waals surface area contributed by atoms with Crippen LogP contribution in [0.2, 0.25) is 5.04 Å². The van der Waals surface area contributed by atoms with E-state index in [1.165, 1.54) is 10.4 Å². The first-order valence-electron chi connectivity index (χ1n) is 10.3. The number of benzene rings is 2. The van der Waals surface area contributed by atoms with E-state index in [0.717, 1.165) is 0 Å². The Hall–Kier alpha value is -2.17. The van der Waals surface area contributed by atoms with E-state index >= 15 is 0 Å². The molecule has 0 bridgehead atoms. The average Bonchev–Trinajstić information content (AvgIpc) is 2.71. The fourth-order valence-electron chi connectivity index (χ4n) is 3.85. The Balaban J connectivity index is 2.48. The molecule has 156 valence electrons. The van der Waals surface area contributed by atoms with Crippen molar-refractivity contribution in [3.8, 4) is 0 Å². The highest BCUT2D eigenvalue weighted by Gasteiger charge is 2.50. The molecule has 0 N–H and O–H groups in total. The molecule has 29 heavy (non-hydrogen) atoms. The lowest BCUT2D eigenvalue weighted by Crippen LogP contribution is -2.67. The van der Waals surface area contributed by atoms with Crippen molar-refractivity contribution in [3.05, 3.63) is 73.3 Å². The number of hydrogen-bond acceptors (Lipinski definition) is 3. The van der Waals surface area contributed by atoms with E-state index in [1.54, 1.807) is 0 Å². The van der Waals surface area contributed by atoms with E-state index in [1.807, 2.05) is 32.1 Å². The summed E-state index contributed by atoms with van der Waals surface area (Å²) in [5, 5.41) is 2.35. The number of hydrogen-bond donors (Lipinski definition) is 0. The molecule has 0 saturated carbocycles. The number of carbonyl (C=O) groups excluding carboxylic acids is 1. The fraction of sp³-hybridized carbons (Fsp3) is 0.400. The molecule has 3 nitrogen and oxygen atoms in total. The van der Waals surface area contributed by atoms with Gasteiger partial charge in [-0.1, -0.05) is 94.4 Å². The van der Waals surface area contributed by atoms with E-state index < -0.39 is 8.32 Å². The minimum atomic E-state index is -2.63. The zero-order valence-electron chi connectivity index (χ0n) is 18.4. The van der Waals surface area contributed by atoms with Gasteiger partial charge in [0.1, 0.15) is 0 Å². The monoisotopic (exact) mass is 410 g/mol. The summed E-state index contributed by atoms with van der Waals surface area (Å²) in [5.74, 6) is -0.621. The maximum atomic E-state index is 12.3. The van der Waals surface area contributed by atoms with Crippen LogP contribution in [-0.4, -0.2) is 27.5 Å². The number of carbonyl (C=O) groups is 1. The third-order valence-electron chi connectivity index (χ3n) is 5.51. The van der Waals surface area contributed by atoms with Gasteiger partial charge in [-0.25, -0.2) is 0 Å². The molecule has 0 aromatic heterocycles. The lowest BCUT2D eigenvalue weighted by atomic mass is 9.95. The van der Waals surface area contributed by atoms with E-state index in [2.05, 4.69) is 75.9 Å². The first kappa shape index (κ1) is 23.1. The largest absolute Gasteiger partial charge is 0.466 e. The Morgan fingerprint density at radius 1 is 1.03 bits per heavy atom. The second-order valence-corrected chi connectivity index (χ2v) is 12.7. The summed E-state index contributed by atoms with van der Waals surface area (Å²) in [6, 6.07) is 21.0. The summed E-state index contributed by atoms with van der Waals surface area (Å²) in [5.41, 5.74) is 0. The molecule has 4 heteroatoms. The van der Waals surface area contributed by atoms with Gasteiger partial charge in [-0.2, -0.15) is 0 Å². The van der Waals surface area contributed by atoms with Crippen molar-refractivity contribution in [3.63, 3.8) is 0 Å². The van der Waals surface area contributed by atoms with Crippen molar-refractivity contribution in [1.29, 1.82) is 0 Å². The van der Waals surface area contributed by atoms with Gasteiger partial charge in [-0.3, -0.25) is 4.79 Å². The SMILES string of the molecule is C=CC(CO[Si](c1ccccc1)(c1ccccc1)C(C)(C)C)C(C)C(=O)OCC. The summed E-state index contributed by atoms with van der Waals surface area (Å²) >= 11 is 0. The first-order valence-corrected chi connectivity index (χ1v) is 12.2. The maximum absolute atomic E-state index is 12.3. The Morgan fingerprint density at radius 3 is 1.90 bits per heavy atom. The Bertz CT molecular complexity index is 741. The van der Waals surface area contributed by atoms with Crippen LogP contribution in [0.1, 0.15) is 34.6 Å². The van der Waals surface area contributed by atoms with Crippen LogP contribution in [0.15, 0.2) is 73.3 Å². The van der Waals surface area contributed by atoms with Gasteiger partial charge >= 0.3 is 5.97 Å². The van der Waals surface area contributed by atoms with Crippen molar-refractivity contribution < 1.29 is 14.0 Å². The quantitative estimate of drug-likeness (QED) is 0.345. The van der Waals surface area contributed by atoms with Crippen molar-refractivity contribution in [1.82, 2.24) is 0 Å². The average molecular weight is 411 g/mol. The van der Waals surface area contributed by atoms with E-state index in [-0.39, 0.29) is 22.8 Å². The predicted molar refractivity (Wildman–Crippen MR) is 123 cm³/mol. The predicted octanol–water partition coefficient (Wildman–Crippen LogP) is 4.56. The second-order valence-electron chi connectivity index (χ2n) is 8.41. The van der Waals surface area contributed by atoms with Crippen molar-refractivity contribution in [2.75, 3.05) is 13.2 Å². The minimum absolute atomic E-state index is 0.103. The zero-order valence-corrected chi connectivity index (χ0v) is 19.4. The van der Waals surface area contributed by atoms with E-state index in [0.29, 0.717) is 13.2 Å². The van der Waals surface area contributed by atoms with Gasteiger partial charge in [0.05, 0.1) is 12.5 Å². The maximum Gasteiger partial charge on any atom is 0.309 e. The van der Waals surface area contributed by atoms with Gasteiger partial charge in [-0.05, 0) is 22.3 Å². The summed E-state index contributed by atoms with van der Waals surface area (Å²) in [6.07, 6.45) is 1.82. The summed E-state index contributed by atoms with van der Waals surface area (Å²) in [6.45, 7) is 15.2. The molecule has 0 spiro atoms. The summed E-state index contributed by atoms with van der Waals surface area (Å²) in [7, 11) is -2.63. The third-order valence-corrected chi connectivity index (χ3v) is 10.5. The summed E-state index contributed by atoms with van der Waals surface area (Å²) < 4.78 is 12.2. The van der Waals surface area contributed by atoms with Crippen LogP contribution in [-0.2, 0) is 14.0 Å². The minimum Gasteiger partial charge on any atom is -0.466 e. The normalized spacial score (nSPS) is 14.1. The Labute approximate surface area is 176 Å². The highest BCUT2D eigenvalue weighted by atomic mass is 28.4. The molecule has 0 fully saturated rings. The lowest BCUT2D eigenvalue weighted by molar-refractivity contribution is -0.149. The highest BCUT2D eigenvalue weighted by molar-refractivity contribution is 6.99. The van der Waals surface area contributed by atoms with Crippen molar-refractivity contribution in [2.24, 2.45) is 11.8 Å². The topological polar surface area (TPSA) is 35.5 Å². The molecule has 0 aliphatic rings. The van der Waals surface area contributed by atoms with E-state index in [4.69, 9.17) is 9.16 Å². The van der Waals surface area contributed by atoms with Crippen LogP contribution in [0.25, 0.3) is 0 Å². The van der Waals surface area contributed by atoms with E-state index in [9.17, 15) is 4.79 Å². The molecule has 2 aromatic carbocycles. The van der Waals surface area contributed by atoms with Crippen LogP contribution >= 0.6 is 0 Å². The molecule has 0 amide bonds. The molecular formula is C25H34O3Si. The van der Waals surface area contributed by atoms with Crippen molar-refractivity contribution >= 4 is 24.7 Å². The number of ether oxygens (including phenoxy) is 1. The molecule has 2 rings (SSSR count). The summed E-state index contributed by atoms with van der Waals surface area (Å²) in [4.78, 5) is 12.3. The van der Waals surface area contributed by atoms with Crippen LogP contribution in [0.3, 0.4) is 0 Å². The van der Waals surface area contributed by atoms with Gasteiger partial charge in [-0.15, -0.1) is 6.58 Å².